The Morgan fingerprint density at radius 3 is 1.64 bits per heavy atom. The van der Waals surface area contributed by atoms with E-state index in [4.69, 9.17) is 10.2 Å². The molecule has 4 nitrogen and oxygen atoms in total. The maximum absolute atomic E-state index is 9.31. The Labute approximate surface area is 87.2 Å². The molecule has 2 N–H and O–H groups in total. The monoisotopic (exact) mass is 168 g/mol. The molecule has 0 spiro atoms. The first kappa shape index (κ1) is 17.0. The van der Waals surface area contributed by atoms with Crippen LogP contribution in [0, 0.1) is 6.92 Å². The van der Waals surface area contributed by atoms with Gasteiger partial charge in [-0.05, 0) is 0 Å². The molecule has 0 unspecified atom stereocenters. The fourth-order valence-corrected chi connectivity index (χ4v) is 0. The number of hydrogen-bond donors (Lipinski definition) is 2. The second-order valence-corrected chi connectivity index (χ2v) is 1.19. The summed E-state index contributed by atoms with van der Waals surface area (Å²) >= 11 is 0. The molecule has 0 amide bonds. The van der Waals surface area contributed by atoms with Crippen molar-refractivity contribution in [1.82, 2.24) is 0 Å². The van der Waals surface area contributed by atoms with Crippen LogP contribution < -0.4 is 29.6 Å². The molecule has 0 aliphatic rings. The topological polar surface area (TPSA) is 74.6 Å². The van der Waals surface area contributed by atoms with Gasteiger partial charge in [-0.2, -0.15) is 0 Å². The summed E-state index contributed by atoms with van der Waals surface area (Å²) in [5, 5.41) is 15.3. The molecule has 0 aromatic carbocycles. The van der Waals surface area contributed by atoms with Crippen LogP contribution in [-0.4, -0.2) is 22.2 Å². The molecule has 0 saturated carbocycles. The second kappa shape index (κ2) is 12.4. The number of carboxylic acids is 2. The molecule has 0 aromatic rings. The van der Waals surface area contributed by atoms with Crippen LogP contribution in [0.5, 0.6) is 0 Å². The van der Waals surface area contributed by atoms with E-state index in [1.807, 2.05) is 0 Å². The van der Waals surface area contributed by atoms with Gasteiger partial charge < -0.3 is 17.1 Å². The Balaban J connectivity index is -0.000000107. The minimum atomic E-state index is -0.981. The molecule has 0 saturated heterocycles. The van der Waals surface area contributed by atoms with E-state index >= 15 is 0 Å². The SMILES string of the molecule is C=CC(=O)O.[CH2-]CC(=O)O.[Na+]. The van der Waals surface area contributed by atoms with Crippen LogP contribution in [0.2, 0.25) is 0 Å². The predicted molar refractivity (Wildman–Crippen MR) is 35.4 cm³/mol. The molecule has 0 atom stereocenters. The van der Waals surface area contributed by atoms with Gasteiger partial charge in [-0.1, -0.05) is 13.0 Å². The quantitative estimate of drug-likeness (QED) is 0.273. The first-order chi connectivity index (χ1) is 4.54. The molecule has 0 aliphatic carbocycles. The van der Waals surface area contributed by atoms with Gasteiger partial charge in [-0.3, -0.25) is 4.79 Å². The summed E-state index contributed by atoms with van der Waals surface area (Å²) < 4.78 is 0. The Bertz CT molecular complexity index is 133. The third-order valence-electron chi connectivity index (χ3n) is 0.388. The summed E-state index contributed by atoms with van der Waals surface area (Å²) in [7, 11) is 0. The summed E-state index contributed by atoms with van der Waals surface area (Å²) in [6, 6.07) is 0. The standard InChI is InChI=1S/C3H5O2.C3H4O2.Na/c2*1-2-3(4)5;/h1-2H2,(H,4,5);2H,1H2,(H,4,5);/q-1;;+1. The Kier molecular flexibility index (Phi) is 19.1. The number of carbonyl (C=O) groups is 2. The van der Waals surface area contributed by atoms with Crippen LogP contribution in [0.4, 0.5) is 0 Å². The van der Waals surface area contributed by atoms with E-state index in [1.54, 1.807) is 0 Å². The first-order valence-corrected chi connectivity index (χ1v) is 2.41. The van der Waals surface area contributed by atoms with Gasteiger partial charge in [0.15, 0.2) is 0 Å². The van der Waals surface area contributed by atoms with Crippen LogP contribution in [0.3, 0.4) is 0 Å². The van der Waals surface area contributed by atoms with Crippen molar-refractivity contribution in [1.29, 1.82) is 0 Å². The van der Waals surface area contributed by atoms with Crippen molar-refractivity contribution in [3.05, 3.63) is 19.6 Å². The summed E-state index contributed by atoms with van der Waals surface area (Å²) in [4.78, 5) is 18.6. The normalized spacial score (nSPS) is 6.27. The number of rotatable bonds is 2. The molecule has 0 heterocycles. The predicted octanol–water partition coefficient (Wildman–Crippen LogP) is -2.44. The summed E-state index contributed by atoms with van der Waals surface area (Å²) in [6.07, 6.45) is 0.806. The zero-order valence-electron chi connectivity index (χ0n) is 6.41. The van der Waals surface area contributed by atoms with Gasteiger partial charge in [0.25, 0.3) is 5.97 Å². The van der Waals surface area contributed by atoms with Crippen molar-refractivity contribution >= 4 is 11.9 Å². The Morgan fingerprint density at radius 1 is 1.45 bits per heavy atom. The molecule has 0 aliphatic heterocycles. The number of carboxylic acid groups (broad SMARTS) is 2. The minimum Gasteiger partial charge on any atom is -0.483 e. The average molecular weight is 168 g/mol. The van der Waals surface area contributed by atoms with Crippen LogP contribution in [-0.2, 0) is 9.59 Å². The van der Waals surface area contributed by atoms with Crippen LogP contribution in [0.25, 0.3) is 0 Å². The third kappa shape index (κ3) is 42.2. The van der Waals surface area contributed by atoms with Crippen molar-refractivity contribution in [3.63, 3.8) is 0 Å². The second-order valence-electron chi connectivity index (χ2n) is 1.19. The molecule has 0 fully saturated rings. The van der Waals surface area contributed by atoms with E-state index in [9.17, 15) is 9.59 Å². The van der Waals surface area contributed by atoms with E-state index in [-0.39, 0.29) is 36.0 Å². The average Bonchev–Trinajstić information content (AvgIpc) is 1.89. The van der Waals surface area contributed by atoms with E-state index in [0.29, 0.717) is 0 Å². The molecule has 0 rings (SSSR count). The maximum atomic E-state index is 9.31. The molecule has 5 heteroatoms. The van der Waals surface area contributed by atoms with E-state index in [0.717, 1.165) is 6.08 Å². The van der Waals surface area contributed by atoms with Gasteiger partial charge in [-0.15, -0.1) is 0 Å². The number of aliphatic carboxylic acids is 2. The fraction of sp³-hybridized carbons (Fsp3) is 0.167. The molecular formula is C6H9NaO4. The summed E-state index contributed by atoms with van der Waals surface area (Å²) in [5.41, 5.74) is 0. The Hall–Kier alpha value is -0.320. The largest absolute Gasteiger partial charge is 1.00 e. The van der Waals surface area contributed by atoms with E-state index in [2.05, 4.69) is 13.5 Å². The maximum Gasteiger partial charge on any atom is 1.00 e. The van der Waals surface area contributed by atoms with E-state index in [1.165, 1.54) is 0 Å². The molecule has 11 heavy (non-hydrogen) atoms. The van der Waals surface area contributed by atoms with Gasteiger partial charge in [0.05, 0.1) is 0 Å². The van der Waals surface area contributed by atoms with Crippen LogP contribution >= 0.6 is 0 Å². The molecule has 58 valence electrons. The zero-order valence-corrected chi connectivity index (χ0v) is 8.41. The molecule has 0 radical (unpaired) electrons. The van der Waals surface area contributed by atoms with Gasteiger partial charge in [0.1, 0.15) is 0 Å². The smallest absolute Gasteiger partial charge is 0.483 e. The zero-order chi connectivity index (χ0) is 8.57. The van der Waals surface area contributed by atoms with E-state index < -0.39 is 11.9 Å². The van der Waals surface area contributed by atoms with Gasteiger partial charge in [0, 0.05) is 6.08 Å². The van der Waals surface area contributed by atoms with Gasteiger partial charge >= 0.3 is 35.5 Å². The van der Waals surface area contributed by atoms with Crippen LogP contribution in [0.15, 0.2) is 12.7 Å². The summed E-state index contributed by atoms with van der Waals surface area (Å²) in [5.74, 6) is -1.84. The summed E-state index contributed by atoms with van der Waals surface area (Å²) in [6.45, 7) is 6.05. The van der Waals surface area contributed by atoms with Gasteiger partial charge in [0.2, 0.25) is 0 Å². The third-order valence-corrected chi connectivity index (χ3v) is 0.388. The minimum absolute atomic E-state index is 0. The molecule has 0 bridgehead atoms. The number of hydrogen-bond acceptors (Lipinski definition) is 2. The van der Waals surface area contributed by atoms with Crippen molar-refractivity contribution in [2.24, 2.45) is 0 Å². The van der Waals surface area contributed by atoms with Crippen molar-refractivity contribution in [2.45, 2.75) is 6.42 Å². The van der Waals surface area contributed by atoms with Crippen molar-refractivity contribution < 1.29 is 49.4 Å². The first-order valence-electron chi connectivity index (χ1n) is 2.41. The fourth-order valence-electron chi connectivity index (χ4n) is 0. The van der Waals surface area contributed by atoms with Crippen molar-refractivity contribution in [3.8, 4) is 0 Å². The Morgan fingerprint density at radius 2 is 1.64 bits per heavy atom. The molecule has 0 aromatic heterocycles. The van der Waals surface area contributed by atoms with Crippen molar-refractivity contribution in [2.75, 3.05) is 0 Å². The molecular weight excluding hydrogens is 159 g/mol. The van der Waals surface area contributed by atoms with Crippen LogP contribution in [0.1, 0.15) is 6.42 Å². The van der Waals surface area contributed by atoms with Gasteiger partial charge in [-0.25, -0.2) is 4.79 Å².